The summed E-state index contributed by atoms with van der Waals surface area (Å²) in [5, 5.41) is 13.2. The summed E-state index contributed by atoms with van der Waals surface area (Å²) in [5.74, 6) is 0. The molecule has 0 saturated heterocycles. The van der Waals surface area contributed by atoms with Gasteiger partial charge in [0.1, 0.15) is 0 Å². The Kier molecular flexibility index (Phi) is 3.48. The van der Waals surface area contributed by atoms with Crippen molar-refractivity contribution in [1.82, 2.24) is 0 Å². The lowest BCUT2D eigenvalue weighted by atomic mass is 10.1. The molecule has 2 atom stereocenters. The number of aliphatic hydroxyl groups is 1. The highest BCUT2D eigenvalue weighted by Crippen LogP contribution is 2.36. The van der Waals surface area contributed by atoms with Crippen LogP contribution in [-0.2, 0) is 12.6 Å². The third kappa shape index (κ3) is 2.74. The van der Waals surface area contributed by atoms with E-state index in [9.17, 15) is 18.3 Å². The van der Waals surface area contributed by atoms with Gasteiger partial charge in [0.25, 0.3) is 0 Å². The van der Waals surface area contributed by atoms with E-state index in [-0.39, 0.29) is 0 Å². The van der Waals surface area contributed by atoms with Crippen LogP contribution in [0.3, 0.4) is 0 Å². The van der Waals surface area contributed by atoms with Crippen LogP contribution in [0.25, 0.3) is 0 Å². The minimum Gasteiger partial charge on any atom is -0.399 e. The largest absolute Gasteiger partial charge is 0.416 e. The lowest BCUT2D eigenvalue weighted by Gasteiger charge is -2.20. The number of hydrogen-bond acceptors (Lipinski definition) is 3. The van der Waals surface area contributed by atoms with Crippen molar-refractivity contribution in [2.75, 3.05) is 11.1 Å². The molecule has 22 heavy (non-hydrogen) atoms. The summed E-state index contributed by atoms with van der Waals surface area (Å²) in [6, 6.07) is 9.82. The second kappa shape index (κ2) is 5.21. The number of nitrogen functional groups attached to an aromatic ring is 1. The zero-order valence-electron chi connectivity index (χ0n) is 11.6. The number of hydrogen-bond donors (Lipinski definition) is 3. The zero-order chi connectivity index (χ0) is 15.9. The van der Waals surface area contributed by atoms with Crippen LogP contribution >= 0.6 is 0 Å². The Bertz CT molecular complexity index is 700. The van der Waals surface area contributed by atoms with Gasteiger partial charge in [-0.05, 0) is 41.5 Å². The molecule has 0 unspecified atom stereocenters. The Morgan fingerprint density at radius 1 is 1.14 bits per heavy atom. The molecule has 0 amide bonds. The van der Waals surface area contributed by atoms with E-state index in [1.165, 1.54) is 6.07 Å². The molecule has 6 heteroatoms. The Hall–Kier alpha value is -2.21. The van der Waals surface area contributed by atoms with Gasteiger partial charge in [-0.1, -0.05) is 12.1 Å². The first-order valence-corrected chi connectivity index (χ1v) is 6.85. The third-order valence-corrected chi connectivity index (χ3v) is 3.83. The Morgan fingerprint density at radius 2 is 1.91 bits per heavy atom. The van der Waals surface area contributed by atoms with Crippen LogP contribution in [0, 0.1) is 0 Å². The molecular weight excluding hydrogens is 293 g/mol. The molecule has 3 rings (SSSR count). The molecule has 1 aliphatic rings. The maximum Gasteiger partial charge on any atom is 0.416 e. The lowest BCUT2D eigenvalue weighted by molar-refractivity contribution is -0.137. The Balaban J connectivity index is 1.88. The smallest absolute Gasteiger partial charge is 0.399 e. The first-order valence-electron chi connectivity index (χ1n) is 6.85. The molecule has 0 spiro atoms. The van der Waals surface area contributed by atoms with Crippen molar-refractivity contribution in [1.29, 1.82) is 0 Å². The quantitative estimate of drug-likeness (QED) is 0.746. The van der Waals surface area contributed by atoms with Crippen LogP contribution < -0.4 is 11.1 Å². The van der Waals surface area contributed by atoms with Crippen LogP contribution in [0.4, 0.5) is 24.5 Å². The standard InChI is InChI=1S/C16H15F3N2O/c17-16(18,19)10-2-1-3-12(8-10)21-15-13-5-4-11(20)6-9(13)7-14(15)22/h1-6,8,14-15,21-22H,7,20H2/t14-,15-/m0/s1. The molecule has 2 aromatic carbocycles. The van der Waals surface area contributed by atoms with Crippen molar-refractivity contribution in [3.63, 3.8) is 0 Å². The number of halogens is 3. The molecule has 2 aromatic rings. The summed E-state index contributed by atoms with van der Waals surface area (Å²) in [6.07, 6.45) is -4.67. The number of nitrogens with one attached hydrogen (secondary N) is 1. The van der Waals surface area contributed by atoms with Crippen LogP contribution in [0.1, 0.15) is 22.7 Å². The predicted molar refractivity (Wildman–Crippen MR) is 78.4 cm³/mol. The van der Waals surface area contributed by atoms with Gasteiger partial charge in [0.05, 0.1) is 17.7 Å². The van der Waals surface area contributed by atoms with Gasteiger partial charge in [-0.2, -0.15) is 13.2 Å². The summed E-state index contributed by atoms with van der Waals surface area (Å²) >= 11 is 0. The van der Waals surface area contributed by atoms with Gasteiger partial charge in [0, 0.05) is 17.8 Å². The van der Waals surface area contributed by atoms with E-state index in [0.717, 1.165) is 23.3 Å². The lowest BCUT2D eigenvalue weighted by Crippen LogP contribution is -2.21. The van der Waals surface area contributed by atoms with Crippen LogP contribution in [0.15, 0.2) is 42.5 Å². The molecule has 0 fully saturated rings. The van der Waals surface area contributed by atoms with Gasteiger partial charge >= 0.3 is 6.18 Å². The summed E-state index contributed by atoms with van der Waals surface area (Å²) in [6.45, 7) is 0. The molecule has 3 nitrogen and oxygen atoms in total. The summed E-state index contributed by atoms with van der Waals surface area (Å²) in [4.78, 5) is 0. The highest BCUT2D eigenvalue weighted by atomic mass is 19.4. The average molecular weight is 308 g/mol. The fourth-order valence-corrected chi connectivity index (χ4v) is 2.80. The van der Waals surface area contributed by atoms with Crippen molar-refractivity contribution in [2.24, 2.45) is 0 Å². The summed E-state index contributed by atoms with van der Waals surface area (Å²) in [7, 11) is 0. The van der Waals surface area contributed by atoms with E-state index in [0.29, 0.717) is 17.8 Å². The van der Waals surface area contributed by atoms with E-state index in [2.05, 4.69) is 5.32 Å². The van der Waals surface area contributed by atoms with Gasteiger partial charge in [-0.3, -0.25) is 0 Å². The van der Waals surface area contributed by atoms with Crippen LogP contribution in [0.5, 0.6) is 0 Å². The first-order chi connectivity index (χ1) is 10.3. The van der Waals surface area contributed by atoms with Gasteiger partial charge in [0.2, 0.25) is 0 Å². The van der Waals surface area contributed by atoms with Crippen molar-refractivity contribution in [3.05, 3.63) is 59.2 Å². The first kappa shape index (κ1) is 14.7. The third-order valence-electron chi connectivity index (χ3n) is 3.83. The number of fused-ring (bicyclic) bond motifs is 1. The number of benzene rings is 2. The topological polar surface area (TPSA) is 58.3 Å². The van der Waals surface area contributed by atoms with Crippen LogP contribution in [-0.4, -0.2) is 11.2 Å². The number of alkyl halides is 3. The second-order valence-corrected chi connectivity index (χ2v) is 5.43. The molecule has 0 heterocycles. The molecular formula is C16H15F3N2O. The van der Waals surface area contributed by atoms with Gasteiger partial charge in [-0.15, -0.1) is 0 Å². The minimum absolute atomic E-state index is 0.323. The Morgan fingerprint density at radius 3 is 2.64 bits per heavy atom. The monoisotopic (exact) mass is 308 g/mol. The molecule has 0 bridgehead atoms. The average Bonchev–Trinajstić information content (AvgIpc) is 2.74. The molecule has 4 N–H and O–H groups in total. The van der Waals surface area contributed by atoms with Crippen molar-refractivity contribution >= 4 is 11.4 Å². The fourth-order valence-electron chi connectivity index (χ4n) is 2.80. The van der Waals surface area contributed by atoms with E-state index in [1.54, 1.807) is 24.3 Å². The normalized spacial score (nSPS) is 20.7. The van der Waals surface area contributed by atoms with E-state index in [4.69, 9.17) is 5.73 Å². The maximum absolute atomic E-state index is 12.8. The van der Waals surface area contributed by atoms with E-state index >= 15 is 0 Å². The fraction of sp³-hybridized carbons (Fsp3) is 0.250. The number of anilines is 2. The van der Waals surface area contributed by atoms with Gasteiger partial charge in [0.15, 0.2) is 0 Å². The van der Waals surface area contributed by atoms with E-state index < -0.39 is 23.9 Å². The molecule has 116 valence electrons. The SMILES string of the molecule is Nc1ccc2c(c1)C[C@H](O)[C@H]2Nc1cccc(C(F)(F)F)c1. The minimum atomic E-state index is -4.39. The second-order valence-electron chi connectivity index (χ2n) is 5.43. The molecule has 0 saturated carbocycles. The highest BCUT2D eigenvalue weighted by molar-refractivity contribution is 5.54. The summed E-state index contributed by atoms with van der Waals surface area (Å²) in [5.41, 5.74) is 7.69. The zero-order valence-corrected chi connectivity index (χ0v) is 11.6. The Labute approximate surface area is 125 Å². The van der Waals surface area contributed by atoms with Gasteiger partial charge < -0.3 is 16.2 Å². The predicted octanol–water partition coefficient (Wildman–Crippen LogP) is 3.36. The molecule has 0 aromatic heterocycles. The maximum atomic E-state index is 12.8. The molecule has 0 radical (unpaired) electrons. The van der Waals surface area contributed by atoms with Crippen molar-refractivity contribution < 1.29 is 18.3 Å². The summed E-state index contributed by atoms with van der Waals surface area (Å²) < 4.78 is 38.3. The number of nitrogens with two attached hydrogens (primary N) is 1. The highest BCUT2D eigenvalue weighted by Gasteiger charge is 2.33. The van der Waals surface area contributed by atoms with Crippen molar-refractivity contribution in [2.45, 2.75) is 24.7 Å². The van der Waals surface area contributed by atoms with E-state index in [1.807, 2.05) is 0 Å². The van der Waals surface area contributed by atoms with Crippen LogP contribution in [0.2, 0.25) is 0 Å². The number of aliphatic hydroxyl groups excluding tert-OH is 1. The molecule has 1 aliphatic carbocycles. The number of rotatable bonds is 2. The van der Waals surface area contributed by atoms with Gasteiger partial charge in [-0.25, -0.2) is 0 Å². The van der Waals surface area contributed by atoms with Crippen molar-refractivity contribution in [3.8, 4) is 0 Å². The molecule has 0 aliphatic heterocycles.